The number of ether oxygens (including phenoxy) is 1. The summed E-state index contributed by atoms with van der Waals surface area (Å²) in [6.45, 7) is -0.408. The quantitative estimate of drug-likeness (QED) is 0.581. The third kappa shape index (κ3) is 2.53. The van der Waals surface area contributed by atoms with Gasteiger partial charge in [0.05, 0.1) is 25.7 Å². The van der Waals surface area contributed by atoms with E-state index in [9.17, 15) is 15.3 Å². The smallest absolute Gasteiger partial charge is 0.164 e. The van der Waals surface area contributed by atoms with Crippen LogP contribution < -0.4 is 0 Å². The Morgan fingerprint density at radius 2 is 1.77 bits per heavy atom. The van der Waals surface area contributed by atoms with Crippen molar-refractivity contribution in [2.75, 3.05) is 6.61 Å². The van der Waals surface area contributed by atoms with Gasteiger partial charge in [0.2, 0.25) is 0 Å². The van der Waals surface area contributed by atoms with Crippen molar-refractivity contribution in [3.05, 3.63) is 30.9 Å². The molecule has 0 spiro atoms. The van der Waals surface area contributed by atoms with Gasteiger partial charge in [0, 0.05) is 5.39 Å². The lowest BCUT2D eigenvalue weighted by molar-refractivity contribution is -0.0505. The van der Waals surface area contributed by atoms with Gasteiger partial charge in [-0.3, -0.25) is 0 Å². The topological polar surface area (TPSA) is 74.9 Å². The molecule has 0 radical (unpaired) electrons. The molecule has 9 heteroatoms. The first-order valence-electron chi connectivity index (χ1n) is 6.33. The molecule has 3 rings (SSSR count). The summed E-state index contributed by atoms with van der Waals surface area (Å²) < 4.78 is 7.82. The van der Waals surface area contributed by atoms with Gasteiger partial charge in [0.15, 0.2) is 6.23 Å². The molecule has 0 bridgehead atoms. The highest BCUT2D eigenvalue weighted by Crippen LogP contribution is 2.41. The number of aliphatic hydroxyl groups excluding tert-OH is 3. The van der Waals surface area contributed by atoms with Crippen LogP contribution in [0.2, 0.25) is 15.2 Å². The Hall–Kier alpha value is 0.200. The molecule has 4 atom stereocenters. The zero-order valence-electron chi connectivity index (χ0n) is 10.9. The minimum atomic E-state index is -1.23. The van der Waals surface area contributed by atoms with E-state index in [0.29, 0.717) is 20.7 Å². The molecular formula is C13H11Cl3INO4. The number of benzene rings is 1. The van der Waals surface area contributed by atoms with Gasteiger partial charge in [-0.1, -0.05) is 34.8 Å². The third-order valence-electron chi connectivity index (χ3n) is 3.70. The van der Waals surface area contributed by atoms with E-state index in [4.69, 9.17) is 39.5 Å². The summed E-state index contributed by atoms with van der Waals surface area (Å²) in [7, 11) is 0. The molecule has 1 saturated heterocycles. The monoisotopic (exact) mass is 477 g/mol. The summed E-state index contributed by atoms with van der Waals surface area (Å²) in [4.78, 5) is 0. The zero-order valence-corrected chi connectivity index (χ0v) is 15.3. The summed E-state index contributed by atoms with van der Waals surface area (Å²) in [5.41, 5.74) is 0.624. The average Bonchev–Trinajstić information content (AvgIpc) is 2.89. The zero-order chi connectivity index (χ0) is 16.2. The van der Waals surface area contributed by atoms with Crippen LogP contribution in [0.1, 0.15) is 6.23 Å². The molecule has 22 heavy (non-hydrogen) atoms. The Bertz CT molecular complexity index is 738. The van der Waals surface area contributed by atoms with Gasteiger partial charge in [-0.25, -0.2) is 0 Å². The molecule has 2 heterocycles. The van der Waals surface area contributed by atoms with E-state index in [1.165, 1.54) is 0 Å². The van der Waals surface area contributed by atoms with Crippen molar-refractivity contribution in [1.82, 2.24) is 4.57 Å². The molecule has 1 aliphatic rings. The molecule has 1 aliphatic heterocycles. The number of hydrogen-bond donors (Lipinski definition) is 3. The number of aliphatic hydroxyl groups is 3. The highest BCUT2D eigenvalue weighted by atomic mass is 127. The van der Waals surface area contributed by atoms with Crippen molar-refractivity contribution in [1.29, 1.82) is 0 Å². The van der Waals surface area contributed by atoms with Crippen molar-refractivity contribution >= 4 is 68.3 Å². The summed E-state index contributed by atoms with van der Waals surface area (Å²) in [5, 5.41) is 31.2. The highest BCUT2D eigenvalue weighted by Gasteiger charge is 2.44. The van der Waals surface area contributed by atoms with Gasteiger partial charge in [-0.2, -0.15) is 0 Å². The predicted octanol–water partition coefficient (Wildman–Crippen LogP) is 2.82. The number of fused-ring (bicyclic) bond motifs is 1. The lowest BCUT2D eigenvalue weighted by Gasteiger charge is -2.19. The van der Waals surface area contributed by atoms with E-state index in [1.54, 1.807) is 16.7 Å². The van der Waals surface area contributed by atoms with Crippen molar-refractivity contribution < 1.29 is 20.1 Å². The molecule has 1 aromatic carbocycles. The van der Waals surface area contributed by atoms with E-state index >= 15 is 0 Å². The molecule has 3 N–H and O–H groups in total. The number of aromatic nitrogens is 1. The van der Waals surface area contributed by atoms with Crippen LogP contribution in [0.4, 0.5) is 0 Å². The first-order chi connectivity index (χ1) is 10.4. The molecule has 1 aromatic heterocycles. The summed E-state index contributed by atoms with van der Waals surface area (Å²) in [6, 6.07) is 3.31. The third-order valence-corrected chi connectivity index (χ3v) is 6.20. The Morgan fingerprint density at radius 3 is 2.36 bits per heavy atom. The second-order valence-corrected chi connectivity index (χ2v) is 7.24. The first kappa shape index (κ1) is 17.0. The van der Waals surface area contributed by atoms with Gasteiger partial charge in [-0.05, 0) is 34.7 Å². The maximum Gasteiger partial charge on any atom is 0.164 e. The van der Waals surface area contributed by atoms with Crippen LogP contribution in [0.3, 0.4) is 0 Å². The maximum atomic E-state index is 10.2. The lowest BCUT2D eigenvalue weighted by Crippen LogP contribution is -2.33. The second kappa shape index (κ2) is 6.25. The van der Waals surface area contributed by atoms with Crippen LogP contribution in [0.25, 0.3) is 10.9 Å². The predicted molar refractivity (Wildman–Crippen MR) is 92.7 cm³/mol. The number of hydrogen-bond acceptors (Lipinski definition) is 4. The summed E-state index contributed by atoms with van der Waals surface area (Å²) >= 11 is 20.5. The Labute approximate surface area is 154 Å². The Kier molecular flexibility index (Phi) is 4.84. The van der Waals surface area contributed by atoms with Gasteiger partial charge in [0.1, 0.15) is 23.5 Å². The Balaban J connectivity index is 2.19. The fourth-order valence-corrected chi connectivity index (χ4v) is 3.88. The molecule has 0 aliphatic carbocycles. The van der Waals surface area contributed by atoms with Gasteiger partial charge < -0.3 is 24.6 Å². The first-order valence-corrected chi connectivity index (χ1v) is 8.54. The van der Waals surface area contributed by atoms with Gasteiger partial charge in [-0.15, -0.1) is 0 Å². The fourth-order valence-electron chi connectivity index (χ4n) is 2.58. The summed E-state index contributed by atoms with van der Waals surface area (Å²) in [6.07, 6.45) is -4.24. The Morgan fingerprint density at radius 1 is 1.14 bits per heavy atom. The van der Waals surface area contributed by atoms with Crippen molar-refractivity contribution in [2.45, 2.75) is 24.5 Å². The van der Waals surface area contributed by atoms with Crippen LogP contribution in [0, 0.1) is 3.57 Å². The van der Waals surface area contributed by atoms with Crippen molar-refractivity contribution in [3.8, 4) is 0 Å². The summed E-state index contributed by atoms with van der Waals surface area (Å²) in [5.74, 6) is 0. The standard InChI is InChI=1S/C13H11Cl3INO4/c14-5-1-4-7(2-6(5)15)18(12(16)9(4)17)13-11(21)10(20)8(3-19)22-13/h1-2,8,10-11,13,19-21H,3H2/t8-,10-,11-,13-/m1/s1. The van der Waals surface area contributed by atoms with Crippen LogP contribution in [0.5, 0.6) is 0 Å². The van der Waals surface area contributed by atoms with E-state index in [1.807, 2.05) is 0 Å². The highest BCUT2D eigenvalue weighted by molar-refractivity contribution is 14.1. The van der Waals surface area contributed by atoms with Crippen LogP contribution in [-0.2, 0) is 4.74 Å². The lowest BCUT2D eigenvalue weighted by atomic mass is 10.1. The minimum absolute atomic E-state index is 0.337. The fraction of sp³-hybridized carbons (Fsp3) is 0.385. The average molecular weight is 478 g/mol. The molecule has 0 amide bonds. The van der Waals surface area contributed by atoms with E-state index in [-0.39, 0.29) is 0 Å². The van der Waals surface area contributed by atoms with Crippen molar-refractivity contribution in [2.24, 2.45) is 0 Å². The number of nitrogens with zero attached hydrogens (tertiary/aromatic N) is 1. The van der Waals surface area contributed by atoms with Crippen LogP contribution >= 0.6 is 57.4 Å². The SMILES string of the molecule is OC[C@H]1O[C@@H](n2c(Cl)c(I)c3cc(Cl)c(Cl)cc32)[C@H](O)[C@@H]1O. The molecule has 0 unspecified atom stereocenters. The second-order valence-electron chi connectivity index (χ2n) is 4.99. The molecule has 5 nitrogen and oxygen atoms in total. The normalized spacial score (nSPS) is 28.7. The van der Waals surface area contributed by atoms with E-state index in [2.05, 4.69) is 22.6 Å². The van der Waals surface area contributed by atoms with Gasteiger partial charge >= 0.3 is 0 Å². The van der Waals surface area contributed by atoms with Crippen LogP contribution in [0.15, 0.2) is 12.1 Å². The molecule has 0 saturated carbocycles. The van der Waals surface area contributed by atoms with Crippen molar-refractivity contribution in [3.63, 3.8) is 0 Å². The molecular weight excluding hydrogens is 467 g/mol. The maximum absolute atomic E-state index is 10.2. The molecule has 120 valence electrons. The van der Waals surface area contributed by atoms with E-state index in [0.717, 1.165) is 8.96 Å². The minimum Gasteiger partial charge on any atom is -0.394 e. The number of halogens is 4. The van der Waals surface area contributed by atoms with E-state index < -0.39 is 31.1 Å². The molecule has 1 fully saturated rings. The van der Waals surface area contributed by atoms with Gasteiger partial charge in [0.25, 0.3) is 0 Å². The van der Waals surface area contributed by atoms with Crippen LogP contribution in [-0.4, -0.2) is 44.8 Å². The largest absolute Gasteiger partial charge is 0.394 e. The number of rotatable bonds is 2. The molecule has 2 aromatic rings.